The summed E-state index contributed by atoms with van der Waals surface area (Å²) < 4.78 is 5.77. The number of allylic oxidation sites excluding steroid dienone is 1. The van der Waals surface area contributed by atoms with E-state index >= 15 is 0 Å². The zero-order chi connectivity index (χ0) is 17.8. The van der Waals surface area contributed by atoms with Crippen LogP contribution in [0.15, 0.2) is 57.7 Å². The van der Waals surface area contributed by atoms with E-state index in [1.165, 1.54) is 25.0 Å². The summed E-state index contributed by atoms with van der Waals surface area (Å²) in [6.45, 7) is 0. The van der Waals surface area contributed by atoms with Crippen molar-refractivity contribution in [2.24, 2.45) is 16.8 Å². The Kier molecular flexibility index (Phi) is 3.38. The number of thioether (sulfide) groups is 1. The molecule has 1 N–H and O–H groups in total. The van der Waals surface area contributed by atoms with Crippen molar-refractivity contribution in [3.05, 3.63) is 48.3 Å². The van der Waals surface area contributed by atoms with Crippen molar-refractivity contribution in [1.82, 2.24) is 20.3 Å². The van der Waals surface area contributed by atoms with Crippen molar-refractivity contribution in [1.29, 1.82) is 0 Å². The Morgan fingerprint density at radius 3 is 3.07 bits per heavy atom. The number of nitrogens with one attached hydrogen (secondary N) is 1. The van der Waals surface area contributed by atoms with Crippen LogP contribution < -0.4 is 5.32 Å². The van der Waals surface area contributed by atoms with Gasteiger partial charge in [-0.15, -0.1) is 0 Å². The van der Waals surface area contributed by atoms with Crippen molar-refractivity contribution in [2.75, 3.05) is 0 Å². The number of oxazole rings is 1. The van der Waals surface area contributed by atoms with E-state index in [4.69, 9.17) is 9.41 Å². The van der Waals surface area contributed by atoms with E-state index in [1.807, 2.05) is 42.1 Å². The van der Waals surface area contributed by atoms with Gasteiger partial charge in [0.1, 0.15) is 5.69 Å². The molecular formula is C20H17N5OS. The average molecular weight is 375 g/mol. The molecule has 3 atom stereocenters. The summed E-state index contributed by atoms with van der Waals surface area (Å²) in [5.74, 6) is 2.95. The van der Waals surface area contributed by atoms with E-state index in [9.17, 15) is 0 Å². The molecule has 2 aliphatic carbocycles. The van der Waals surface area contributed by atoms with Gasteiger partial charge in [-0.2, -0.15) is 4.98 Å². The lowest BCUT2D eigenvalue weighted by Crippen LogP contribution is -2.13. The summed E-state index contributed by atoms with van der Waals surface area (Å²) in [4.78, 5) is 18.0. The maximum absolute atomic E-state index is 5.77. The minimum Gasteiger partial charge on any atom is -0.433 e. The van der Waals surface area contributed by atoms with Crippen LogP contribution in [0.25, 0.3) is 22.8 Å². The van der Waals surface area contributed by atoms with Crippen LogP contribution in [0.3, 0.4) is 0 Å². The van der Waals surface area contributed by atoms with Crippen LogP contribution >= 0.6 is 11.8 Å². The van der Waals surface area contributed by atoms with Gasteiger partial charge >= 0.3 is 0 Å². The van der Waals surface area contributed by atoms with E-state index in [-0.39, 0.29) is 0 Å². The van der Waals surface area contributed by atoms with Crippen molar-refractivity contribution in [2.45, 2.75) is 24.5 Å². The maximum Gasteiger partial charge on any atom is 0.247 e. The van der Waals surface area contributed by atoms with Gasteiger partial charge in [-0.3, -0.25) is 0 Å². The van der Waals surface area contributed by atoms with Crippen molar-refractivity contribution in [3.8, 4) is 11.6 Å². The number of hydrogen-bond donors (Lipinski definition) is 1. The summed E-state index contributed by atoms with van der Waals surface area (Å²) in [5.41, 5.74) is 3.23. The smallest absolute Gasteiger partial charge is 0.247 e. The van der Waals surface area contributed by atoms with Crippen LogP contribution in [0.5, 0.6) is 0 Å². The number of hydrogen-bond acceptors (Lipinski definition) is 6. The molecule has 6 rings (SSSR count). The number of nitrogens with zero attached hydrogens (tertiary/aromatic N) is 4. The number of pyridine rings is 2. The molecule has 2 fully saturated rings. The van der Waals surface area contributed by atoms with Gasteiger partial charge in [-0.25, -0.2) is 15.0 Å². The molecule has 0 amide bonds. The largest absolute Gasteiger partial charge is 0.433 e. The van der Waals surface area contributed by atoms with Gasteiger partial charge in [0.05, 0.1) is 5.25 Å². The normalized spacial score (nSPS) is 27.6. The van der Waals surface area contributed by atoms with Crippen LogP contribution in [-0.4, -0.2) is 25.4 Å². The first-order valence-electron chi connectivity index (χ1n) is 9.23. The van der Waals surface area contributed by atoms with Gasteiger partial charge in [0, 0.05) is 11.9 Å². The molecule has 7 heteroatoms. The monoisotopic (exact) mass is 375 g/mol. The predicted molar refractivity (Wildman–Crippen MR) is 106 cm³/mol. The van der Waals surface area contributed by atoms with E-state index in [0.29, 0.717) is 33.9 Å². The zero-order valence-electron chi connectivity index (χ0n) is 14.5. The molecule has 6 nitrogen and oxygen atoms in total. The molecule has 134 valence electrons. The van der Waals surface area contributed by atoms with Gasteiger partial charge in [0.2, 0.25) is 5.89 Å². The van der Waals surface area contributed by atoms with Gasteiger partial charge in [-0.05, 0) is 55.4 Å². The van der Waals surface area contributed by atoms with E-state index in [2.05, 4.69) is 26.3 Å². The van der Waals surface area contributed by atoms with Crippen molar-refractivity contribution < 1.29 is 4.42 Å². The predicted octanol–water partition coefficient (Wildman–Crippen LogP) is 4.29. The number of aromatic nitrogens is 3. The standard InChI is InChI=1S/C20H17N5OS/c1-3-14(19-25-18-15(26-19)4-2-8-21-18)22-17(5-1)24-20-23-13-7-6-11-9-12(11)10-16(13)27-20/h1-5,7-8,11-12,16H,6,9-10H2,(H,22,23,24). The van der Waals surface area contributed by atoms with Crippen LogP contribution in [0.4, 0.5) is 5.82 Å². The molecule has 0 aromatic carbocycles. The van der Waals surface area contributed by atoms with Crippen LogP contribution in [0, 0.1) is 11.8 Å². The molecule has 3 unspecified atom stereocenters. The maximum atomic E-state index is 5.77. The minimum absolute atomic E-state index is 0.463. The number of fused-ring (bicyclic) bond motifs is 3. The molecule has 1 aliphatic heterocycles. The first-order chi connectivity index (χ1) is 13.3. The molecule has 0 spiro atoms. The third-order valence-corrected chi connectivity index (χ3v) is 6.56. The topological polar surface area (TPSA) is 76.2 Å². The Morgan fingerprint density at radius 1 is 1.11 bits per heavy atom. The number of aliphatic imine (C=N–C) groups is 1. The van der Waals surface area contributed by atoms with E-state index in [0.717, 1.165) is 17.0 Å². The molecule has 1 saturated carbocycles. The Morgan fingerprint density at radius 2 is 2.11 bits per heavy atom. The van der Waals surface area contributed by atoms with E-state index < -0.39 is 0 Å². The quantitative estimate of drug-likeness (QED) is 0.720. The molecule has 0 radical (unpaired) electrons. The average Bonchev–Trinajstić information content (AvgIpc) is 3.15. The van der Waals surface area contributed by atoms with Crippen LogP contribution in [-0.2, 0) is 0 Å². The highest BCUT2D eigenvalue weighted by Gasteiger charge is 2.42. The Bertz CT molecular complexity index is 1070. The van der Waals surface area contributed by atoms with Gasteiger partial charge < -0.3 is 9.73 Å². The lowest BCUT2D eigenvalue weighted by Gasteiger charge is -2.05. The first-order valence-corrected chi connectivity index (χ1v) is 10.1. The molecular weight excluding hydrogens is 358 g/mol. The summed E-state index contributed by atoms with van der Waals surface area (Å²) >= 11 is 1.82. The number of rotatable bonds is 2. The summed E-state index contributed by atoms with van der Waals surface area (Å²) in [6, 6.07) is 9.39. The molecule has 27 heavy (non-hydrogen) atoms. The Labute approximate surface area is 160 Å². The Hall–Kier alpha value is -2.67. The summed E-state index contributed by atoms with van der Waals surface area (Å²) in [5, 5.41) is 4.93. The van der Waals surface area contributed by atoms with Crippen LogP contribution in [0.2, 0.25) is 0 Å². The SMILES string of the molecule is C1=C2N/C(=N\c3cccc(-c4nc5ncccc5o4)n3)SC2CC2CC2C1. The summed E-state index contributed by atoms with van der Waals surface area (Å²) in [7, 11) is 0. The molecule has 1 saturated heterocycles. The second-order valence-electron chi connectivity index (χ2n) is 7.26. The van der Waals surface area contributed by atoms with Crippen molar-refractivity contribution >= 4 is 34.0 Å². The third kappa shape index (κ3) is 2.82. The summed E-state index contributed by atoms with van der Waals surface area (Å²) in [6.07, 6.45) is 7.93. The molecule has 3 aromatic rings. The fraction of sp³-hybridized carbons (Fsp3) is 0.300. The highest BCUT2D eigenvalue weighted by atomic mass is 32.2. The lowest BCUT2D eigenvalue weighted by molar-refractivity contribution is 0.616. The highest BCUT2D eigenvalue weighted by Crippen LogP contribution is 2.50. The van der Waals surface area contributed by atoms with Gasteiger partial charge in [-0.1, -0.05) is 23.9 Å². The second kappa shape index (κ2) is 5.92. The van der Waals surface area contributed by atoms with Crippen LogP contribution in [0.1, 0.15) is 19.3 Å². The molecule has 3 aliphatic rings. The fourth-order valence-electron chi connectivity index (χ4n) is 3.87. The highest BCUT2D eigenvalue weighted by molar-refractivity contribution is 8.15. The lowest BCUT2D eigenvalue weighted by atomic mass is 10.2. The van der Waals surface area contributed by atoms with Crippen molar-refractivity contribution in [3.63, 3.8) is 0 Å². The minimum atomic E-state index is 0.463. The molecule has 4 heterocycles. The first kappa shape index (κ1) is 15.4. The second-order valence-corrected chi connectivity index (χ2v) is 8.45. The van der Waals surface area contributed by atoms with E-state index in [1.54, 1.807) is 6.20 Å². The Balaban J connectivity index is 1.29. The fourth-order valence-corrected chi connectivity index (χ4v) is 5.09. The molecule has 0 bridgehead atoms. The molecule has 3 aromatic heterocycles. The van der Waals surface area contributed by atoms with Gasteiger partial charge in [0.25, 0.3) is 0 Å². The zero-order valence-corrected chi connectivity index (χ0v) is 15.3. The van der Waals surface area contributed by atoms with Gasteiger partial charge in [0.15, 0.2) is 22.2 Å². The number of amidine groups is 1. The third-order valence-electron chi connectivity index (χ3n) is 5.41.